The summed E-state index contributed by atoms with van der Waals surface area (Å²) in [5.74, 6) is -2.08. The van der Waals surface area contributed by atoms with Crippen molar-refractivity contribution in [3.05, 3.63) is 29.8 Å². The van der Waals surface area contributed by atoms with Gasteiger partial charge in [-0.3, -0.25) is 9.69 Å². The minimum atomic E-state index is -0.798. The third-order valence-corrected chi connectivity index (χ3v) is 3.02. The topological polar surface area (TPSA) is 52.6 Å². The molecule has 2 N–H and O–H groups in total. The zero-order chi connectivity index (χ0) is 13.8. The highest BCUT2D eigenvalue weighted by atomic mass is 19.1. The van der Waals surface area contributed by atoms with Gasteiger partial charge < -0.3 is 10.4 Å². The van der Waals surface area contributed by atoms with Crippen molar-refractivity contribution in [1.29, 1.82) is 0 Å². The molecule has 0 aliphatic heterocycles. The molecule has 4 nitrogen and oxygen atoms in total. The summed E-state index contributed by atoms with van der Waals surface area (Å²) in [6, 6.07) is 3.71. The number of rotatable bonds is 6. The number of aliphatic hydroxyl groups excluding tert-OH is 1. The zero-order valence-corrected chi connectivity index (χ0v) is 10.4. The lowest BCUT2D eigenvalue weighted by atomic mass is 10.3. The monoisotopic (exact) mass is 270 g/mol. The van der Waals surface area contributed by atoms with Crippen molar-refractivity contribution in [1.82, 2.24) is 4.90 Å². The lowest BCUT2D eigenvalue weighted by molar-refractivity contribution is -0.117. The van der Waals surface area contributed by atoms with Crippen LogP contribution in [-0.4, -0.2) is 41.7 Å². The molecule has 1 fully saturated rings. The van der Waals surface area contributed by atoms with Crippen LogP contribution >= 0.6 is 0 Å². The highest BCUT2D eigenvalue weighted by molar-refractivity contribution is 5.92. The number of aliphatic hydroxyl groups is 1. The van der Waals surface area contributed by atoms with Crippen LogP contribution in [0.4, 0.5) is 14.5 Å². The molecule has 1 amide bonds. The first-order valence-electron chi connectivity index (χ1n) is 6.20. The average Bonchev–Trinajstić information content (AvgIpc) is 3.18. The number of carbonyl (C=O) groups excluding carboxylic acids is 1. The summed E-state index contributed by atoms with van der Waals surface area (Å²) in [6.07, 6.45) is 1.97. The van der Waals surface area contributed by atoms with Crippen LogP contribution in [0.25, 0.3) is 0 Å². The number of nitrogens with zero attached hydrogens (tertiary/aromatic N) is 1. The molecule has 0 heterocycles. The van der Waals surface area contributed by atoms with Crippen molar-refractivity contribution in [2.24, 2.45) is 0 Å². The Bertz CT molecular complexity index is 444. The second-order valence-electron chi connectivity index (χ2n) is 4.57. The van der Waals surface area contributed by atoms with E-state index < -0.39 is 23.2 Å². The van der Waals surface area contributed by atoms with Crippen LogP contribution in [0.5, 0.6) is 0 Å². The van der Waals surface area contributed by atoms with Gasteiger partial charge in [-0.15, -0.1) is 0 Å². The van der Waals surface area contributed by atoms with Gasteiger partial charge in [0.05, 0.1) is 13.2 Å². The predicted molar refractivity (Wildman–Crippen MR) is 66.7 cm³/mol. The van der Waals surface area contributed by atoms with Crippen molar-refractivity contribution in [2.45, 2.75) is 18.9 Å². The Hall–Kier alpha value is -1.53. The van der Waals surface area contributed by atoms with Crippen LogP contribution < -0.4 is 5.32 Å². The number of halogens is 2. The van der Waals surface area contributed by atoms with Crippen LogP contribution in [0.3, 0.4) is 0 Å². The van der Waals surface area contributed by atoms with Gasteiger partial charge in [0.25, 0.3) is 0 Å². The largest absolute Gasteiger partial charge is 0.395 e. The number of hydrogen-bond acceptors (Lipinski definition) is 3. The van der Waals surface area contributed by atoms with E-state index in [4.69, 9.17) is 5.11 Å². The van der Waals surface area contributed by atoms with Crippen molar-refractivity contribution in [3.63, 3.8) is 0 Å². The van der Waals surface area contributed by atoms with Gasteiger partial charge >= 0.3 is 0 Å². The van der Waals surface area contributed by atoms with E-state index in [1.54, 1.807) is 0 Å². The van der Waals surface area contributed by atoms with Gasteiger partial charge in [0.1, 0.15) is 17.3 Å². The van der Waals surface area contributed by atoms with Gasteiger partial charge in [-0.1, -0.05) is 6.07 Å². The Labute approximate surface area is 110 Å². The van der Waals surface area contributed by atoms with Crippen molar-refractivity contribution in [2.75, 3.05) is 25.0 Å². The van der Waals surface area contributed by atoms with E-state index in [9.17, 15) is 13.6 Å². The minimum absolute atomic E-state index is 0.0268. The molecule has 1 aromatic carbocycles. The van der Waals surface area contributed by atoms with Crippen LogP contribution in [0.2, 0.25) is 0 Å². The molecule has 0 atom stereocenters. The number of benzene rings is 1. The van der Waals surface area contributed by atoms with Crippen LogP contribution in [0, 0.1) is 11.6 Å². The summed E-state index contributed by atoms with van der Waals surface area (Å²) >= 11 is 0. The summed E-state index contributed by atoms with van der Waals surface area (Å²) in [6.45, 7) is 0.370. The maximum atomic E-state index is 13.4. The molecule has 0 aromatic heterocycles. The molecule has 6 heteroatoms. The third kappa shape index (κ3) is 3.71. The average molecular weight is 270 g/mol. The Balaban J connectivity index is 1.96. The standard InChI is InChI=1S/C13H16F2N2O2/c14-10-2-1-3-11(15)13(10)16-12(19)8-17(6-7-18)9-4-5-9/h1-3,9,18H,4-8H2,(H,16,19). The van der Waals surface area contributed by atoms with Crippen molar-refractivity contribution in [3.8, 4) is 0 Å². The van der Waals surface area contributed by atoms with Crippen LogP contribution in [0.15, 0.2) is 18.2 Å². The van der Waals surface area contributed by atoms with Gasteiger partial charge in [-0.05, 0) is 25.0 Å². The second-order valence-corrected chi connectivity index (χ2v) is 4.57. The Morgan fingerprint density at radius 3 is 2.53 bits per heavy atom. The molecule has 2 rings (SSSR count). The fourth-order valence-electron chi connectivity index (χ4n) is 1.94. The Morgan fingerprint density at radius 1 is 1.37 bits per heavy atom. The van der Waals surface area contributed by atoms with Gasteiger partial charge in [-0.25, -0.2) is 8.78 Å². The van der Waals surface area contributed by atoms with E-state index in [1.165, 1.54) is 6.07 Å². The van der Waals surface area contributed by atoms with E-state index in [-0.39, 0.29) is 13.2 Å². The molecule has 19 heavy (non-hydrogen) atoms. The van der Waals surface area contributed by atoms with Crippen molar-refractivity contribution < 1.29 is 18.7 Å². The molecule has 0 radical (unpaired) electrons. The molecular formula is C13H16F2N2O2. The number of amides is 1. The first-order valence-corrected chi connectivity index (χ1v) is 6.20. The van der Waals surface area contributed by atoms with Crippen molar-refractivity contribution >= 4 is 11.6 Å². The summed E-state index contributed by atoms with van der Waals surface area (Å²) in [7, 11) is 0. The van der Waals surface area contributed by atoms with E-state index in [1.807, 2.05) is 4.90 Å². The highest BCUT2D eigenvalue weighted by Crippen LogP contribution is 2.26. The second kappa shape index (κ2) is 6.08. The highest BCUT2D eigenvalue weighted by Gasteiger charge is 2.30. The lowest BCUT2D eigenvalue weighted by Crippen LogP contribution is -2.37. The normalized spacial score (nSPS) is 14.7. The number of para-hydroxylation sites is 1. The number of nitrogens with one attached hydrogen (secondary N) is 1. The minimum Gasteiger partial charge on any atom is -0.395 e. The van der Waals surface area contributed by atoms with E-state index in [0.717, 1.165) is 25.0 Å². The molecular weight excluding hydrogens is 254 g/mol. The maximum absolute atomic E-state index is 13.4. The molecule has 0 unspecified atom stereocenters. The van der Waals surface area contributed by atoms with E-state index >= 15 is 0 Å². The van der Waals surface area contributed by atoms with Gasteiger partial charge in [0.2, 0.25) is 5.91 Å². The van der Waals surface area contributed by atoms with E-state index in [2.05, 4.69) is 5.32 Å². The number of hydrogen-bond donors (Lipinski definition) is 2. The first-order chi connectivity index (χ1) is 9.11. The molecule has 1 aromatic rings. The summed E-state index contributed by atoms with van der Waals surface area (Å²) in [5.41, 5.74) is -0.424. The van der Waals surface area contributed by atoms with Gasteiger partial charge in [0.15, 0.2) is 0 Å². The smallest absolute Gasteiger partial charge is 0.238 e. The number of carbonyl (C=O) groups is 1. The molecule has 1 saturated carbocycles. The molecule has 1 aliphatic carbocycles. The molecule has 0 saturated heterocycles. The molecule has 1 aliphatic rings. The predicted octanol–water partition coefficient (Wildman–Crippen LogP) is 1.36. The molecule has 104 valence electrons. The quantitative estimate of drug-likeness (QED) is 0.820. The fraction of sp³-hybridized carbons (Fsp3) is 0.462. The maximum Gasteiger partial charge on any atom is 0.238 e. The summed E-state index contributed by atoms with van der Waals surface area (Å²) in [4.78, 5) is 13.6. The summed E-state index contributed by atoms with van der Waals surface area (Å²) in [5, 5.41) is 11.1. The number of anilines is 1. The Morgan fingerprint density at radius 2 is 2.00 bits per heavy atom. The van der Waals surface area contributed by atoms with Gasteiger partial charge in [-0.2, -0.15) is 0 Å². The third-order valence-electron chi connectivity index (χ3n) is 3.02. The Kier molecular flexibility index (Phi) is 4.44. The van der Waals surface area contributed by atoms with Crippen LogP contribution in [0.1, 0.15) is 12.8 Å². The van der Waals surface area contributed by atoms with E-state index in [0.29, 0.717) is 12.6 Å². The lowest BCUT2D eigenvalue weighted by Gasteiger charge is -2.20. The van der Waals surface area contributed by atoms with Gasteiger partial charge in [0, 0.05) is 12.6 Å². The fourth-order valence-corrected chi connectivity index (χ4v) is 1.94. The first kappa shape index (κ1) is 13.9. The van der Waals surface area contributed by atoms with Crippen LogP contribution in [-0.2, 0) is 4.79 Å². The SMILES string of the molecule is O=C(CN(CCO)C1CC1)Nc1c(F)cccc1F. The molecule has 0 spiro atoms. The molecule has 0 bridgehead atoms. The summed E-state index contributed by atoms with van der Waals surface area (Å²) < 4.78 is 26.7. The zero-order valence-electron chi connectivity index (χ0n) is 10.4.